The largest absolute Gasteiger partial charge is 0.433 e. The second-order valence-electron chi connectivity index (χ2n) is 4.66. The van der Waals surface area contributed by atoms with Gasteiger partial charge < -0.3 is 5.32 Å². The van der Waals surface area contributed by atoms with E-state index in [1.54, 1.807) is 24.3 Å². The molecule has 2 aromatic rings. The van der Waals surface area contributed by atoms with E-state index in [4.69, 9.17) is 23.2 Å². The Morgan fingerprint density at radius 2 is 1.96 bits per heavy atom. The van der Waals surface area contributed by atoms with Crippen LogP contribution in [0, 0.1) is 0 Å². The first-order chi connectivity index (χ1) is 10.8. The molecule has 1 atom stereocenters. The van der Waals surface area contributed by atoms with Gasteiger partial charge in [0, 0.05) is 11.2 Å². The third-order valence-electron chi connectivity index (χ3n) is 3.02. The third kappa shape index (κ3) is 4.59. The Labute approximate surface area is 140 Å². The molecule has 1 amide bonds. The number of halogens is 5. The zero-order chi connectivity index (χ0) is 17.0. The first kappa shape index (κ1) is 17.6. The van der Waals surface area contributed by atoms with Crippen LogP contribution >= 0.6 is 23.2 Å². The maximum Gasteiger partial charge on any atom is 0.433 e. The van der Waals surface area contributed by atoms with Crippen molar-refractivity contribution in [2.75, 3.05) is 5.88 Å². The van der Waals surface area contributed by atoms with Gasteiger partial charge in [-0.15, -0.1) is 11.6 Å². The Morgan fingerprint density at radius 3 is 2.48 bits per heavy atom. The molecule has 0 saturated carbocycles. The highest BCUT2D eigenvalue weighted by Crippen LogP contribution is 2.29. The van der Waals surface area contributed by atoms with Crippen molar-refractivity contribution in [2.45, 2.75) is 12.2 Å². The predicted octanol–water partition coefficient (Wildman–Crippen LogP) is 4.20. The molecular weight excluding hydrogens is 352 g/mol. The topological polar surface area (TPSA) is 42.0 Å². The van der Waals surface area contributed by atoms with Crippen molar-refractivity contribution in [3.8, 4) is 0 Å². The standard InChI is InChI=1S/C15H11Cl2F3N2O/c16-7-13(23)22-14(9-2-1-3-11(17)6-9)10-4-5-12(21-8-10)15(18,19)20/h1-6,8,14H,7H2,(H,22,23). The summed E-state index contributed by atoms with van der Waals surface area (Å²) >= 11 is 11.4. The number of amides is 1. The van der Waals surface area contributed by atoms with Crippen molar-refractivity contribution in [1.29, 1.82) is 0 Å². The SMILES string of the molecule is O=C(CCl)NC(c1ccc(C(F)(F)F)nc1)c1cccc(Cl)c1. The maximum absolute atomic E-state index is 12.6. The molecule has 3 nitrogen and oxygen atoms in total. The normalized spacial score (nSPS) is 12.7. The quantitative estimate of drug-likeness (QED) is 0.828. The van der Waals surface area contributed by atoms with E-state index >= 15 is 0 Å². The van der Waals surface area contributed by atoms with Crippen LogP contribution in [0.5, 0.6) is 0 Å². The van der Waals surface area contributed by atoms with Gasteiger partial charge in [0.2, 0.25) is 5.91 Å². The van der Waals surface area contributed by atoms with Crippen LogP contribution in [0.15, 0.2) is 42.6 Å². The number of nitrogens with one attached hydrogen (secondary N) is 1. The van der Waals surface area contributed by atoms with Crippen molar-refractivity contribution in [2.24, 2.45) is 0 Å². The van der Waals surface area contributed by atoms with E-state index in [0.717, 1.165) is 12.3 Å². The predicted molar refractivity (Wildman–Crippen MR) is 81.4 cm³/mol. The molecule has 0 aliphatic heterocycles. The highest BCUT2D eigenvalue weighted by atomic mass is 35.5. The zero-order valence-corrected chi connectivity index (χ0v) is 13.1. The zero-order valence-electron chi connectivity index (χ0n) is 11.6. The van der Waals surface area contributed by atoms with Crippen molar-refractivity contribution < 1.29 is 18.0 Å². The number of benzene rings is 1. The summed E-state index contributed by atoms with van der Waals surface area (Å²) in [7, 11) is 0. The van der Waals surface area contributed by atoms with Crippen LogP contribution in [0.4, 0.5) is 13.2 Å². The van der Waals surface area contributed by atoms with Gasteiger partial charge in [0.15, 0.2) is 0 Å². The Hall–Kier alpha value is -1.79. The molecular formula is C15H11Cl2F3N2O. The van der Waals surface area contributed by atoms with Gasteiger partial charge in [0.05, 0.1) is 6.04 Å². The van der Waals surface area contributed by atoms with Gasteiger partial charge in [-0.1, -0.05) is 29.8 Å². The van der Waals surface area contributed by atoms with Crippen LogP contribution in [0.2, 0.25) is 5.02 Å². The molecule has 1 unspecified atom stereocenters. The fourth-order valence-electron chi connectivity index (χ4n) is 1.99. The molecule has 0 fully saturated rings. The number of pyridine rings is 1. The lowest BCUT2D eigenvalue weighted by atomic mass is 10.00. The van der Waals surface area contributed by atoms with Gasteiger partial charge in [-0.2, -0.15) is 13.2 Å². The fourth-order valence-corrected chi connectivity index (χ4v) is 2.26. The molecule has 23 heavy (non-hydrogen) atoms. The van der Waals surface area contributed by atoms with Gasteiger partial charge in [-0.25, -0.2) is 0 Å². The van der Waals surface area contributed by atoms with E-state index in [1.807, 2.05) is 0 Å². The first-order valence-corrected chi connectivity index (χ1v) is 7.36. The summed E-state index contributed by atoms with van der Waals surface area (Å²) < 4.78 is 37.8. The monoisotopic (exact) mass is 362 g/mol. The molecule has 0 aliphatic carbocycles. The van der Waals surface area contributed by atoms with Crippen molar-refractivity contribution in [1.82, 2.24) is 10.3 Å². The number of aromatic nitrogens is 1. The van der Waals surface area contributed by atoms with Crippen LogP contribution in [0.1, 0.15) is 22.9 Å². The molecule has 122 valence electrons. The number of hydrogen-bond acceptors (Lipinski definition) is 2. The molecule has 1 N–H and O–H groups in total. The van der Waals surface area contributed by atoms with Gasteiger partial charge in [-0.05, 0) is 29.3 Å². The summed E-state index contributed by atoms with van der Waals surface area (Å²) in [6, 6.07) is 8.05. The average molecular weight is 363 g/mol. The Morgan fingerprint density at radius 1 is 1.22 bits per heavy atom. The minimum atomic E-state index is -4.52. The summed E-state index contributed by atoms with van der Waals surface area (Å²) in [6.45, 7) is 0. The second kappa shape index (κ2) is 7.19. The summed E-state index contributed by atoms with van der Waals surface area (Å²) in [5.41, 5.74) is -0.00831. The maximum atomic E-state index is 12.6. The van der Waals surface area contributed by atoms with E-state index in [2.05, 4.69) is 10.3 Å². The molecule has 0 bridgehead atoms. The van der Waals surface area contributed by atoms with Gasteiger partial charge >= 0.3 is 6.18 Å². The van der Waals surface area contributed by atoms with Gasteiger partial charge in [0.1, 0.15) is 11.6 Å². The molecule has 1 heterocycles. The molecule has 0 aliphatic rings. The summed E-state index contributed by atoms with van der Waals surface area (Å²) in [5.74, 6) is -0.734. The van der Waals surface area contributed by atoms with Crippen LogP contribution in [-0.2, 0) is 11.0 Å². The molecule has 8 heteroatoms. The Balaban J connectivity index is 2.39. The van der Waals surface area contributed by atoms with Crippen LogP contribution in [0.25, 0.3) is 0 Å². The van der Waals surface area contributed by atoms with E-state index < -0.39 is 23.8 Å². The summed E-state index contributed by atoms with van der Waals surface area (Å²) in [5, 5.41) is 3.07. The van der Waals surface area contributed by atoms with Crippen LogP contribution < -0.4 is 5.32 Å². The average Bonchev–Trinajstić information content (AvgIpc) is 2.51. The van der Waals surface area contributed by atoms with Gasteiger partial charge in [-0.3, -0.25) is 9.78 Å². The van der Waals surface area contributed by atoms with E-state index in [-0.39, 0.29) is 5.88 Å². The molecule has 1 aromatic carbocycles. The molecule has 0 spiro atoms. The molecule has 0 saturated heterocycles. The summed E-state index contributed by atoms with van der Waals surface area (Å²) in [4.78, 5) is 15.0. The minimum Gasteiger partial charge on any atom is -0.344 e. The first-order valence-electron chi connectivity index (χ1n) is 6.45. The highest BCUT2D eigenvalue weighted by Gasteiger charge is 2.32. The van der Waals surface area contributed by atoms with E-state index in [9.17, 15) is 18.0 Å². The molecule has 1 aromatic heterocycles. The molecule has 0 radical (unpaired) electrons. The number of nitrogens with zero attached hydrogens (tertiary/aromatic N) is 1. The number of rotatable bonds is 4. The van der Waals surface area contributed by atoms with Crippen LogP contribution in [-0.4, -0.2) is 16.8 Å². The molecule has 2 rings (SSSR count). The van der Waals surface area contributed by atoms with Crippen molar-refractivity contribution in [3.05, 3.63) is 64.4 Å². The smallest absolute Gasteiger partial charge is 0.344 e. The van der Waals surface area contributed by atoms with Crippen molar-refractivity contribution in [3.63, 3.8) is 0 Å². The Kier molecular flexibility index (Phi) is 5.49. The lowest BCUT2D eigenvalue weighted by molar-refractivity contribution is -0.141. The van der Waals surface area contributed by atoms with E-state index in [1.165, 1.54) is 6.07 Å². The highest BCUT2D eigenvalue weighted by molar-refractivity contribution is 6.30. The number of carbonyl (C=O) groups excluding carboxylic acids is 1. The summed E-state index contributed by atoms with van der Waals surface area (Å²) in [6.07, 6.45) is -3.45. The van der Waals surface area contributed by atoms with E-state index in [0.29, 0.717) is 16.1 Å². The Bertz CT molecular complexity index is 690. The lowest BCUT2D eigenvalue weighted by Crippen LogP contribution is -2.30. The van der Waals surface area contributed by atoms with Crippen molar-refractivity contribution >= 4 is 29.1 Å². The fraction of sp³-hybridized carbons (Fsp3) is 0.200. The minimum absolute atomic E-state index is 0.273. The third-order valence-corrected chi connectivity index (χ3v) is 3.50. The van der Waals surface area contributed by atoms with Crippen LogP contribution in [0.3, 0.4) is 0 Å². The van der Waals surface area contributed by atoms with Gasteiger partial charge in [0.25, 0.3) is 0 Å². The number of hydrogen-bond donors (Lipinski definition) is 1. The second-order valence-corrected chi connectivity index (χ2v) is 5.37. The lowest BCUT2D eigenvalue weighted by Gasteiger charge is -2.19. The number of alkyl halides is 4. The number of carbonyl (C=O) groups is 1.